The second-order valence-corrected chi connectivity index (χ2v) is 5.38. The summed E-state index contributed by atoms with van der Waals surface area (Å²) >= 11 is 1.42. The minimum Gasteiger partial charge on any atom is -0.455 e. The van der Waals surface area contributed by atoms with Crippen LogP contribution >= 0.6 is 11.8 Å². The highest BCUT2D eigenvalue weighted by Crippen LogP contribution is 2.29. The average Bonchev–Trinajstić information content (AvgIpc) is 2.84. The molecule has 0 aliphatic heterocycles. The third-order valence-electron chi connectivity index (χ3n) is 3.15. The molecule has 112 valence electrons. The second kappa shape index (κ2) is 6.11. The molecule has 1 heterocycles. The predicted molar refractivity (Wildman–Crippen MR) is 87.1 cm³/mol. The van der Waals surface area contributed by atoms with Gasteiger partial charge in [-0.15, -0.1) is 5.10 Å². The summed E-state index contributed by atoms with van der Waals surface area (Å²) in [7, 11) is 1.64. The fraction of sp³-hybridized carbons (Fsp3) is 0.125. The molecule has 0 fully saturated rings. The standard InChI is InChI=1S/C16H15N3O2S/c1-18-16(20)19(15(17-18)22-2)13-10-6-7-11-14(13)21-12-8-4-3-5-9-12/h3-11H,1-2H3. The number of benzene rings is 2. The molecule has 0 aliphatic rings. The molecule has 0 saturated heterocycles. The summed E-state index contributed by atoms with van der Waals surface area (Å²) in [6.45, 7) is 0. The molecule has 22 heavy (non-hydrogen) atoms. The highest BCUT2D eigenvalue weighted by Gasteiger charge is 2.16. The van der Waals surface area contributed by atoms with Crippen LogP contribution in [0.25, 0.3) is 5.69 Å². The highest BCUT2D eigenvalue weighted by atomic mass is 32.2. The van der Waals surface area contributed by atoms with Crippen LogP contribution in [0.3, 0.4) is 0 Å². The van der Waals surface area contributed by atoms with Crippen LogP contribution in [0.1, 0.15) is 0 Å². The van der Waals surface area contributed by atoms with Crippen LogP contribution in [0.2, 0.25) is 0 Å². The van der Waals surface area contributed by atoms with Gasteiger partial charge in [0.1, 0.15) is 5.75 Å². The number of hydrogen-bond donors (Lipinski definition) is 0. The number of hydrogen-bond acceptors (Lipinski definition) is 4. The molecule has 0 saturated carbocycles. The molecule has 0 spiro atoms. The molecule has 3 aromatic rings. The topological polar surface area (TPSA) is 49.0 Å². The van der Waals surface area contributed by atoms with Crippen molar-refractivity contribution < 1.29 is 4.74 Å². The van der Waals surface area contributed by atoms with E-state index in [9.17, 15) is 4.79 Å². The fourth-order valence-electron chi connectivity index (χ4n) is 2.12. The van der Waals surface area contributed by atoms with Gasteiger partial charge in [0.25, 0.3) is 0 Å². The molecule has 6 heteroatoms. The Bertz CT molecular complexity index is 840. The molecule has 0 amide bonds. The van der Waals surface area contributed by atoms with Crippen LogP contribution in [0.15, 0.2) is 64.5 Å². The van der Waals surface area contributed by atoms with E-state index < -0.39 is 0 Å². The molecule has 3 rings (SSSR count). The predicted octanol–water partition coefficient (Wildman–Crippen LogP) is 3.09. The monoisotopic (exact) mass is 313 g/mol. The Balaban J connectivity index is 2.11. The molecule has 0 atom stereocenters. The lowest BCUT2D eigenvalue weighted by atomic mass is 10.3. The quantitative estimate of drug-likeness (QED) is 0.695. The summed E-state index contributed by atoms with van der Waals surface area (Å²) in [4.78, 5) is 12.3. The molecule has 0 N–H and O–H groups in total. The molecule has 1 aromatic heterocycles. The third-order valence-corrected chi connectivity index (χ3v) is 3.78. The van der Waals surface area contributed by atoms with Crippen molar-refractivity contribution in [2.45, 2.75) is 5.16 Å². The lowest BCUT2D eigenvalue weighted by Gasteiger charge is -2.11. The average molecular weight is 313 g/mol. The van der Waals surface area contributed by atoms with E-state index in [0.29, 0.717) is 16.6 Å². The van der Waals surface area contributed by atoms with Crippen LogP contribution in [0.5, 0.6) is 11.5 Å². The van der Waals surface area contributed by atoms with Gasteiger partial charge >= 0.3 is 5.69 Å². The van der Waals surface area contributed by atoms with E-state index >= 15 is 0 Å². The Hall–Kier alpha value is -2.47. The van der Waals surface area contributed by atoms with Crippen LogP contribution in [-0.4, -0.2) is 20.6 Å². The van der Waals surface area contributed by atoms with Crippen molar-refractivity contribution in [1.82, 2.24) is 14.3 Å². The number of thioether (sulfide) groups is 1. The summed E-state index contributed by atoms with van der Waals surface area (Å²) in [6, 6.07) is 16.9. The first-order valence-electron chi connectivity index (χ1n) is 6.73. The molecule has 0 bridgehead atoms. The first-order chi connectivity index (χ1) is 10.7. The van der Waals surface area contributed by atoms with E-state index in [4.69, 9.17) is 4.74 Å². The zero-order chi connectivity index (χ0) is 15.5. The van der Waals surface area contributed by atoms with Crippen molar-refractivity contribution >= 4 is 11.8 Å². The summed E-state index contributed by atoms with van der Waals surface area (Å²) in [5.74, 6) is 1.33. The van der Waals surface area contributed by atoms with Gasteiger partial charge in [-0.2, -0.15) is 0 Å². The number of rotatable bonds is 4. The Morgan fingerprint density at radius 2 is 1.73 bits per heavy atom. The first kappa shape index (κ1) is 14.5. The third kappa shape index (κ3) is 2.65. The minimum atomic E-state index is -0.200. The summed E-state index contributed by atoms with van der Waals surface area (Å²) < 4.78 is 8.80. The molecular weight excluding hydrogens is 298 g/mol. The highest BCUT2D eigenvalue weighted by molar-refractivity contribution is 7.98. The lowest BCUT2D eigenvalue weighted by molar-refractivity contribution is 0.478. The van der Waals surface area contributed by atoms with Crippen LogP contribution < -0.4 is 10.4 Å². The number of ether oxygens (including phenoxy) is 1. The molecule has 2 aromatic carbocycles. The van der Waals surface area contributed by atoms with Gasteiger partial charge < -0.3 is 4.74 Å². The fourth-order valence-corrected chi connectivity index (χ4v) is 2.69. The normalized spacial score (nSPS) is 10.6. The number of aromatic nitrogens is 3. The summed E-state index contributed by atoms with van der Waals surface area (Å²) in [6.07, 6.45) is 1.89. The van der Waals surface area contributed by atoms with Crippen molar-refractivity contribution in [2.24, 2.45) is 7.05 Å². The van der Waals surface area contributed by atoms with E-state index in [1.165, 1.54) is 16.4 Å². The van der Waals surface area contributed by atoms with Gasteiger partial charge in [0.05, 0.1) is 5.69 Å². The van der Waals surface area contributed by atoms with E-state index in [1.54, 1.807) is 11.6 Å². The molecular formula is C16H15N3O2S. The number of nitrogens with zero attached hydrogens (tertiary/aromatic N) is 3. The maximum absolute atomic E-state index is 12.3. The van der Waals surface area contributed by atoms with Crippen molar-refractivity contribution in [3.05, 3.63) is 65.1 Å². The SMILES string of the molecule is CSc1nn(C)c(=O)n1-c1ccccc1Oc1ccccc1. The van der Waals surface area contributed by atoms with Crippen molar-refractivity contribution in [1.29, 1.82) is 0 Å². The smallest absolute Gasteiger partial charge is 0.351 e. The molecule has 0 radical (unpaired) electrons. The molecule has 0 aliphatic carbocycles. The summed E-state index contributed by atoms with van der Waals surface area (Å²) in [5, 5.41) is 4.85. The molecule has 5 nitrogen and oxygen atoms in total. The Kier molecular flexibility index (Phi) is 4.02. The van der Waals surface area contributed by atoms with Crippen LogP contribution in [-0.2, 0) is 7.05 Å². The molecule has 0 unspecified atom stereocenters. The zero-order valence-electron chi connectivity index (χ0n) is 12.3. The van der Waals surface area contributed by atoms with Crippen LogP contribution in [0.4, 0.5) is 0 Å². The van der Waals surface area contributed by atoms with Gasteiger partial charge in [-0.1, -0.05) is 42.1 Å². The maximum atomic E-state index is 12.3. The van der Waals surface area contributed by atoms with Gasteiger partial charge in [-0.3, -0.25) is 0 Å². The van der Waals surface area contributed by atoms with Gasteiger partial charge in [-0.05, 0) is 30.5 Å². The van der Waals surface area contributed by atoms with E-state index in [0.717, 1.165) is 5.75 Å². The first-order valence-corrected chi connectivity index (χ1v) is 7.95. The van der Waals surface area contributed by atoms with Crippen LogP contribution in [0, 0.1) is 0 Å². The van der Waals surface area contributed by atoms with Crippen molar-refractivity contribution in [3.63, 3.8) is 0 Å². The van der Waals surface area contributed by atoms with Gasteiger partial charge in [0.15, 0.2) is 10.9 Å². The second-order valence-electron chi connectivity index (χ2n) is 4.61. The minimum absolute atomic E-state index is 0.200. The Labute approximate surface area is 132 Å². The maximum Gasteiger partial charge on any atom is 0.351 e. The lowest BCUT2D eigenvalue weighted by Crippen LogP contribution is -2.22. The Morgan fingerprint density at radius 3 is 2.45 bits per heavy atom. The zero-order valence-corrected chi connectivity index (χ0v) is 13.1. The number of aryl methyl sites for hydroxylation is 1. The van der Waals surface area contributed by atoms with E-state index in [2.05, 4.69) is 5.10 Å². The van der Waals surface area contributed by atoms with E-state index in [1.807, 2.05) is 60.9 Å². The van der Waals surface area contributed by atoms with Gasteiger partial charge in [-0.25, -0.2) is 14.0 Å². The van der Waals surface area contributed by atoms with E-state index in [-0.39, 0.29) is 5.69 Å². The summed E-state index contributed by atoms with van der Waals surface area (Å²) in [5.41, 5.74) is 0.474. The van der Waals surface area contributed by atoms with Crippen molar-refractivity contribution in [2.75, 3.05) is 6.26 Å². The van der Waals surface area contributed by atoms with Crippen molar-refractivity contribution in [3.8, 4) is 17.2 Å². The Morgan fingerprint density at radius 1 is 1.05 bits per heavy atom. The van der Waals surface area contributed by atoms with Gasteiger partial charge in [0.2, 0.25) is 0 Å². The van der Waals surface area contributed by atoms with Gasteiger partial charge in [0, 0.05) is 7.05 Å². The largest absolute Gasteiger partial charge is 0.455 e. The number of para-hydroxylation sites is 3.